The van der Waals surface area contributed by atoms with Gasteiger partial charge in [0.05, 0.1) is 10.6 Å². The van der Waals surface area contributed by atoms with Crippen molar-refractivity contribution in [2.45, 2.75) is 32.2 Å². The lowest BCUT2D eigenvalue weighted by molar-refractivity contribution is 0.415. The molecule has 1 N–H and O–H groups in total. The Morgan fingerprint density at radius 1 is 1.41 bits per heavy atom. The summed E-state index contributed by atoms with van der Waals surface area (Å²) in [5.41, 5.74) is 1.21. The summed E-state index contributed by atoms with van der Waals surface area (Å²) in [6, 6.07) is 4.78. The van der Waals surface area contributed by atoms with E-state index >= 15 is 0 Å². The van der Waals surface area contributed by atoms with E-state index < -0.39 is 0 Å². The van der Waals surface area contributed by atoms with Gasteiger partial charge in [-0.1, -0.05) is 12.5 Å². The lowest BCUT2D eigenvalue weighted by Gasteiger charge is -2.22. The monoisotopic (exact) mass is 264 g/mol. The van der Waals surface area contributed by atoms with E-state index in [4.69, 9.17) is 4.98 Å². The molecule has 1 atom stereocenters. The van der Waals surface area contributed by atoms with Crippen LogP contribution >= 0.6 is 22.7 Å². The highest BCUT2D eigenvalue weighted by Gasteiger charge is 2.20. The molecule has 1 aliphatic rings. The normalized spacial score (nSPS) is 20.6. The molecule has 2 nitrogen and oxygen atoms in total. The van der Waals surface area contributed by atoms with E-state index in [1.54, 1.807) is 11.3 Å². The van der Waals surface area contributed by atoms with Gasteiger partial charge in [0, 0.05) is 10.9 Å². The minimum Gasteiger partial charge on any atom is -0.309 e. The third-order valence-electron chi connectivity index (χ3n) is 3.19. The SMILES string of the molecule is Cc1nc(-c2cccs2)sc1C1CCCCN1. The van der Waals surface area contributed by atoms with Crippen molar-refractivity contribution in [3.05, 3.63) is 28.1 Å². The number of thiazole rings is 1. The summed E-state index contributed by atoms with van der Waals surface area (Å²) < 4.78 is 0. The lowest BCUT2D eigenvalue weighted by Crippen LogP contribution is -2.26. The predicted molar refractivity (Wildman–Crippen MR) is 74.8 cm³/mol. The largest absolute Gasteiger partial charge is 0.309 e. The number of rotatable bonds is 2. The van der Waals surface area contributed by atoms with E-state index in [2.05, 4.69) is 29.8 Å². The van der Waals surface area contributed by atoms with Crippen LogP contribution in [0, 0.1) is 6.92 Å². The Labute approximate surface area is 110 Å². The zero-order valence-corrected chi connectivity index (χ0v) is 11.5. The highest BCUT2D eigenvalue weighted by atomic mass is 32.1. The van der Waals surface area contributed by atoms with Gasteiger partial charge in [-0.05, 0) is 37.8 Å². The average molecular weight is 264 g/mol. The third kappa shape index (κ3) is 2.30. The minimum absolute atomic E-state index is 0.537. The smallest absolute Gasteiger partial charge is 0.133 e. The molecule has 3 heterocycles. The van der Waals surface area contributed by atoms with E-state index in [0.29, 0.717) is 6.04 Å². The molecule has 0 spiro atoms. The molecule has 4 heteroatoms. The predicted octanol–water partition coefficient (Wildman–Crippen LogP) is 3.99. The van der Waals surface area contributed by atoms with E-state index in [1.807, 2.05) is 11.3 Å². The maximum Gasteiger partial charge on any atom is 0.133 e. The number of thiophene rings is 1. The molecule has 1 saturated heterocycles. The molecular weight excluding hydrogens is 248 g/mol. The molecule has 2 aromatic heterocycles. The summed E-state index contributed by atoms with van der Waals surface area (Å²) in [5, 5.41) is 6.90. The van der Waals surface area contributed by atoms with Gasteiger partial charge in [0.1, 0.15) is 5.01 Å². The molecule has 0 radical (unpaired) electrons. The third-order valence-corrected chi connectivity index (χ3v) is 5.50. The molecule has 1 unspecified atom stereocenters. The van der Waals surface area contributed by atoms with Crippen molar-refractivity contribution in [3.8, 4) is 9.88 Å². The van der Waals surface area contributed by atoms with Crippen LogP contribution in [0.5, 0.6) is 0 Å². The summed E-state index contributed by atoms with van der Waals surface area (Å²) in [6.45, 7) is 3.29. The van der Waals surface area contributed by atoms with Crippen LogP contribution in [0.2, 0.25) is 0 Å². The maximum atomic E-state index is 4.72. The van der Waals surface area contributed by atoms with E-state index in [0.717, 1.165) is 6.54 Å². The fourth-order valence-electron chi connectivity index (χ4n) is 2.31. The molecule has 0 saturated carbocycles. The molecule has 17 heavy (non-hydrogen) atoms. The Hall–Kier alpha value is -0.710. The van der Waals surface area contributed by atoms with Crippen LogP contribution in [-0.2, 0) is 0 Å². The molecule has 1 aliphatic heterocycles. The summed E-state index contributed by atoms with van der Waals surface area (Å²) >= 11 is 3.63. The molecule has 0 amide bonds. The molecule has 90 valence electrons. The Kier molecular flexibility index (Phi) is 3.27. The van der Waals surface area contributed by atoms with Gasteiger partial charge in [0.15, 0.2) is 0 Å². The van der Waals surface area contributed by atoms with Gasteiger partial charge in [-0.3, -0.25) is 0 Å². The molecule has 0 bridgehead atoms. The topological polar surface area (TPSA) is 24.9 Å². The summed E-state index contributed by atoms with van der Waals surface area (Å²) in [7, 11) is 0. The Morgan fingerprint density at radius 2 is 2.35 bits per heavy atom. The van der Waals surface area contributed by atoms with E-state index in [-0.39, 0.29) is 0 Å². The Morgan fingerprint density at radius 3 is 3.06 bits per heavy atom. The van der Waals surface area contributed by atoms with Gasteiger partial charge < -0.3 is 5.32 Å². The van der Waals surface area contributed by atoms with Crippen LogP contribution in [-0.4, -0.2) is 11.5 Å². The second-order valence-corrected chi connectivity index (χ2v) is 6.43. The first-order valence-corrected chi connectivity index (χ1v) is 7.79. The molecule has 3 rings (SSSR count). The summed E-state index contributed by atoms with van der Waals surface area (Å²) in [4.78, 5) is 7.45. The number of aromatic nitrogens is 1. The number of hydrogen-bond acceptors (Lipinski definition) is 4. The van der Waals surface area contributed by atoms with Crippen LogP contribution in [0.1, 0.15) is 35.9 Å². The highest BCUT2D eigenvalue weighted by Crippen LogP contribution is 2.36. The summed E-state index contributed by atoms with van der Waals surface area (Å²) in [6.07, 6.45) is 3.91. The number of hydrogen-bond donors (Lipinski definition) is 1. The van der Waals surface area contributed by atoms with Gasteiger partial charge >= 0.3 is 0 Å². The standard InChI is InChI=1S/C13H16N2S2/c1-9-12(10-5-2-3-7-14-10)17-13(15-9)11-6-4-8-16-11/h4,6,8,10,14H,2-3,5,7H2,1H3. The van der Waals surface area contributed by atoms with Crippen molar-refractivity contribution in [1.82, 2.24) is 10.3 Å². The molecular formula is C13H16N2S2. The van der Waals surface area contributed by atoms with Gasteiger partial charge in [-0.2, -0.15) is 0 Å². The zero-order valence-electron chi connectivity index (χ0n) is 9.90. The Balaban J connectivity index is 1.90. The Bertz CT molecular complexity index is 481. The zero-order chi connectivity index (χ0) is 11.7. The second kappa shape index (κ2) is 4.88. The maximum absolute atomic E-state index is 4.72. The van der Waals surface area contributed by atoms with Crippen LogP contribution in [0.4, 0.5) is 0 Å². The number of nitrogens with zero attached hydrogens (tertiary/aromatic N) is 1. The van der Waals surface area contributed by atoms with E-state index in [1.165, 1.54) is 39.7 Å². The average Bonchev–Trinajstić information content (AvgIpc) is 2.99. The number of aryl methyl sites for hydroxylation is 1. The molecule has 0 aliphatic carbocycles. The fourth-order valence-corrected chi connectivity index (χ4v) is 4.29. The molecule has 2 aromatic rings. The van der Waals surface area contributed by atoms with Crippen molar-refractivity contribution in [3.63, 3.8) is 0 Å². The van der Waals surface area contributed by atoms with Crippen LogP contribution in [0.3, 0.4) is 0 Å². The van der Waals surface area contributed by atoms with Gasteiger partial charge in [-0.25, -0.2) is 4.98 Å². The molecule has 0 aromatic carbocycles. The molecule has 1 fully saturated rings. The fraction of sp³-hybridized carbons (Fsp3) is 0.462. The van der Waals surface area contributed by atoms with Crippen molar-refractivity contribution < 1.29 is 0 Å². The van der Waals surface area contributed by atoms with E-state index in [9.17, 15) is 0 Å². The van der Waals surface area contributed by atoms with Crippen LogP contribution in [0.25, 0.3) is 9.88 Å². The first-order valence-electron chi connectivity index (χ1n) is 6.09. The van der Waals surface area contributed by atoms with Crippen molar-refractivity contribution >= 4 is 22.7 Å². The first kappa shape index (κ1) is 11.4. The minimum atomic E-state index is 0.537. The lowest BCUT2D eigenvalue weighted by atomic mass is 10.0. The number of piperidine rings is 1. The van der Waals surface area contributed by atoms with Crippen LogP contribution in [0.15, 0.2) is 17.5 Å². The van der Waals surface area contributed by atoms with Gasteiger partial charge in [0.25, 0.3) is 0 Å². The van der Waals surface area contributed by atoms with Crippen molar-refractivity contribution in [2.75, 3.05) is 6.54 Å². The van der Waals surface area contributed by atoms with Crippen molar-refractivity contribution in [2.24, 2.45) is 0 Å². The number of nitrogens with one attached hydrogen (secondary N) is 1. The van der Waals surface area contributed by atoms with Gasteiger partial charge in [0.2, 0.25) is 0 Å². The first-order chi connectivity index (χ1) is 8.34. The highest BCUT2D eigenvalue weighted by molar-refractivity contribution is 7.21. The van der Waals surface area contributed by atoms with Crippen molar-refractivity contribution in [1.29, 1.82) is 0 Å². The van der Waals surface area contributed by atoms with Gasteiger partial charge in [-0.15, -0.1) is 22.7 Å². The second-order valence-electron chi connectivity index (χ2n) is 4.45. The van der Waals surface area contributed by atoms with Crippen LogP contribution < -0.4 is 5.32 Å². The quantitative estimate of drug-likeness (QED) is 0.887. The summed E-state index contributed by atoms with van der Waals surface area (Å²) in [5.74, 6) is 0.